The van der Waals surface area contributed by atoms with Gasteiger partial charge >= 0.3 is 0 Å². The number of benzene rings is 1. The molecule has 1 fully saturated rings. The molecule has 0 aliphatic carbocycles. The van der Waals surface area contributed by atoms with Crippen LogP contribution in [0.2, 0.25) is 0 Å². The quantitative estimate of drug-likeness (QED) is 0.682. The number of phenols is 2. The third-order valence-corrected chi connectivity index (χ3v) is 7.35. The minimum atomic E-state index is -4.56. The zero-order chi connectivity index (χ0) is 13.4. The van der Waals surface area contributed by atoms with Gasteiger partial charge in [0.05, 0.1) is 15.1 Å². The monoisotopic (exact) mass is 296 g/mol. The number of phenolic OH excluding ortho intramolecular Hbond substituents is 2. The summed E-state index contributed by atoms with van der Waals surface area (Å²) in [4.78, 5) is 0.215. The van der Waals surface area contributed by atoms with Crippen LogP contribution in [0.3, 0.4) is 0 Å². The van der Waals surface area contributed by atoms with Crippen molar-refractivity contribution >= 4 is 10.3 Å². The van der Waals surface area contributed by atoms with Gasteiger partial charge in [-0.15, -0.1) is 0 Å². The van der Waals surface area contributed by atoms with E-state index in [4.69, 9.17) is 3.74 Å². The summed E-state index contributed by atoms with van der Waals surface area (Å²) in [5, 5.41) is 19.2. The van der Waals surface area contributed by atoms with E-state index in [0.29, 0.717) is 11.5 Å². The van der Waals surface area contributed by atoms with Crippen molar-refractivity contribution < 1.29 is 38.2 Å². The molecular formula is C10H13ClO6S. The van der Waals surface area contributed by atoms with E-state index in [1.807, 2.05) is 0 Å². The first-order valence-electron chi connectivity index (χ1n) is 5.25. The molecule has 1 saturated heterocycles. The predicted molar refractivity (Wildman–Crippen MR) is 55.7 cm³/mol. The number of rotatable bonds is 3. The number of halogens is 1. The average Bonchev–Trinajstić information content (AvgIpc) is 2.68. The van der Waals surface area contributed by atoms with E-state index < -0.39 is 20.6 Å². The van der Waals surface area contributed by atoms with Crippen molar-refractivity contribution in [1.29, 1.82) is 0 Å². The molecule has 0 spiro atoms. The van der Waals surface area contributed by atoms with Crippen LogP contribution in [-0.2, 0) is 3.74 Å². The standard InChI is InChI=1S/C10H13ClO6S/c12-8-3-4-9(13)10(7-8)18(5-1-2-6-18)17-11(14,15)16/h3-4,7,12-13H,1-2,5-6H2. The van der Waals surface area contributed by atoms with Crippen LogP contribution in [0.15, 0.2) is 23.1 Å². The van der Waals surface area contributed by atoms with Crippen molar-refractivity contribution in [3.63, 3.8) is 0 Å². The Kier molecular flexibility index (Phi) is 3.63. The van der Waals surface area contributed by atoms with Gasteiger partial charge in [0.1, 0.15) is 15.2 Å². The van der Waals surface area contributed by atoms with Gasteiger partial charge < -0.3 is 10.2 Å². The topological polar surface area (TPSA) is 119 Å². The molecule has 1 aliphatic rings. The van der Waals surface area contributed by atoms with Crippen LogP contribution >= 0.6 is 10.3 Å². The highest BCUT2D eigenvalue weighted by Crippen LogP contribution is 2.65. The van der Waals surface area contributed by atoms with Gasteiger partial charge in [-0.25, -0.2) is 0 Å². The molecule has 0 radical (unpaired) electrons. The maximum atomic E-state index is 10.8. The zero-order valence-corrected chi connectivity index (χ0v) is 10.9. The van der Waals surface area contributed by atoms with E-state index in [9.17, 15) is 24.2 Å². The van der Waals surface area contributed by atoms with Crippen molar-refractivity contribution in [2.24, 2.45) is 0 Å². The lowest BCUT2D eigenvalue weighted by atomic mass is 10.3. The Hall–Kier alpha value is -0.700. The first-order valence-corrected chi connectivity index (χ1v) is 8.38. The van der Waals surface area contributed by atoms with Gasteiger partial charge in [-0.2, -0.15) is 14.0 Å². The fourth-order valence-corrected chi connectivity index (χ4v) is 6.76. The van der Waals surface area contributed by atoms with E-state index >= 15 is 0 Å². The van der Waals surface area contributed by atoms with Gasteiger partial charge in [-0.3, -0.25) is 0 Å². The summed E-state index contributed by atoms with van der Waals surface area (Å²) >= 11 is 0. The summed E-state index contributed by atoms with van der Waals surface area (Å²) in [7, 11) is -6.94. The van der Waals surface area contributed by atoms with E-state index in [1.165, 1.54) is 18.2 Å². The minimum absolute atomic E-state index is 0.106. The Labute approximate surface area is 108 Å². The molecule has 2 N–H and O–H groups in total. The molecule has 0 atom stereocenters. The summed E-state index contributed by atoms with van der Waals surface area (Å²) in [6, 6.07) is 3.80. The normalized spacial score (nSPS) is 20.8. The van der Waals surface area contributed by atoms with Gasteiger partial charge in [-0.05, 0) is 31.0 Å². The molecule has 1 aliphatic heterocycles. The van der Waals surface area contributed by atoms with Gasteiger partial charge in [0, 0.05) is 21.8 Å². The lowest BCUT2D eigenvalue weighted by molar-refractivity contribution is -1.91. The van der Waals surface area contributed by atoms with Crippen LogP contribution in [0.25, 0.3) is 0 Å². The summed E-state index contributed by atoms with van der Waals surface area (Å²) in [6.07, 6.45) is 1.44. The lowest BCUT2D eigenvalue weighted by Crippen LogP contribution is -2.61. The second-order valence-electron chi connectivity index (χ2n) is 4.02. The molecule has 1 aromatic rings. The molecule has 0 unspecified atom stereocenters. The third kappa shape index (κ3) is 2.82. The second-order valence-corrected chi connectivity index (χ2v) is 8.16. The summed E-state index contributed by atoms with van der Waals surface area (Å²) in [5.74, 6) is 0.505. The van der Waals surface area contributed by atoms with E-state index in [2.05, 4.69) is 0 Å². The minimum Gasteiger partial charge on any atom is -0.508 e. The van der Waals surface area contributed by atoms with Crippen LogP contribution in [-0.4, -0.2) is 21.7 Å². The zero-order valence-electron chi connectivity index (χ0n) is 9.37. The molecule has 0 amide bonds. The number of hydrogen-bond acceptors (Lipinski definition) is 6. The van der Waals surface area contributed by atoms with Crippen LogP contribution in [0, 0.1) is 10.2 Å². The van der Waals surface area contributed by atoms with Crippen molar-refractivity contribution in [3.05, 3.63) is 18.2 Å². The Morgan fingerprint density at radius 2 is 1.72 bits per heavy atom. The van der Waals surface area contributed by atoms with Gasteiger partial charge in [0.15, 0.2) is 0 Å². The van der Waals surface area contributed by atoms with E-state index in [0.717, 1.165) is 12.8 Å². The third-order valence-electron chi connectivity index (χ3n) is 2.74. The molecule has 2 rings (SSSR count). The smallest absolute Gasteiger partial charge is 0.130 e. The number of hydrogen-bond donors (Lipinski definition) is 2. The highest BCUT2D eigenvalue weighted by molar-refractivity contribution is 8.30. The van der Waals surface area contributed by atoms with Crippen molar-refractivity contribution in [1.82, 2.24) is 0 Å². The van der Waals surface area contributed by atoms with Crippen molar-refractivity contribution in [2.45, 2.75) is 17.7 Å². The van der Waals surface area contributed by atoms with Crippen LogP contribution in [0.4, 0.5) is 0 Å². The highest BCUT2D eigenvalue weighted by atomic mass is 35.7. The molecule has 1 aromatic carbocycles. The second kappa shape index (κ2) is 4.76. The SMILES string of the molecule is [O-][Cl+3]([O-])([O-])OS1(c2cc(O)ccc2O)CCCC1. The number of aromatic hydroxyl groups is 2. The summed E-state index contributed by atoms with van der Waals surface area (Å²) in [5.41, 5.74) is 0. The fourth-order valence-electron chi connectivity index (χ4n) is 2.04. The summed E-state index contributed by atoms with van der Waals surface area (Å²) in [6.45, 7) is 0. The average molecular weight is 297 g/mol. The maximum Gasteiger partial charge on any atom is 0.130 e. The molecule has 0 saturated carbocycles. The largest absolute Gasteiger partial charge is 0.508 e. The molecule has 6 nitrogen and oxygen atoms in total. The Bertz CT molecular complexity index is 440. The Morgan fingerprint density at radius 3 is 2.28 bits per heavy atom. The van der Waals surface area contributed by atoms with E-state index in [1.54, 1.807) is 0 Å². The highest BCUT2D eigenvalue weighted by Gasteiger charge is 2.46. The molecule has 0 bridgehead atoms. The maximum absolute atomic E-state index is 10.8. The van der Waals surface area contributed by atoms with Crippen LogP contribution in [0.1, 0.15) is 12.8 Å². The predicted octanol–water partition coefficient (Wildman–Crippen LogP) is -1.12. The molecule has 8 heteroatoms. The molecule has 1 heterocycles. The van der Waals surface area contributed by atoms with E-state index in [-0.39, 0.29) is 16.4 Å². The van der Waals surface area contributed by atoms with Crippen LogP contribution in [0.5, 0.6) is 11.5 Å². The molecule has 18 heavy (non-hydrogen) atoms. The fraction of sp³-hybridized carbons (Fsp3) is 0.400. The van der Waals surface area contributed by atoms with Crippen molar-refractivity contribution in [2.75, 3.05) is 11.5 Å². The lowest BCUT2D eigenvalue weighted by Gasteiger charge is -2.30. The van der Waals surface area contributed by atoms with Gasteiger partial charge in [0.25, 0.3) is 0 Å². The Morgan fingerprint density at radius 1 is 1.11 bits per heavy atom. The van der Waals surface area contributed by atoms with Gasteiger partial charge in [-0.1, -0.05) is 0 Å². The van der Waals surface area contributed by atoms with Crippen LogP contribution < -0.4 is 14.0 Å². The summed E-state index contributed by atoms with van der Waals surface area (Å²) < 4.78 is 37.2. The first kappa shape index (κ1) is 13.7. The first-order chi connectivity index (χ1) is 8.32. The molecule has 102 valence electrons. The molecular weight excluding hydrogens is 284 g/mol. The molecule has 0 aromatic heterocycles. The Balaban J connectivity index is 2.44. The van der Waals surface area contributed by atoms with Gasteiger partial charge in [0.2, 0.25) is 0 Å². The van der Waals surface area contributed by atoms with Crippen molar-refractivity contribution in [3.8, 4) is 11.5 Å².